The van der Waals surface area contributed by atoms with Crippen molar-refractivity contribution in [2.45, 2.75) is 64.8 Å². The molecule has 0 aromatic heterocycles. The van der Waals surface area contributed by atoms with Crippen molar-refractivity contribution in [1.82, 2.24) is 10.6 Å². The highest BCUT2D eigenvalue weighted by Crippen LogP contribution is 2.41. The zero-order valence-electron chi connectivity index (χ0n) is 13.1. The van der Waals surface area contributed by atoms with Gasteiger partial charge in [-0.05, 0) is 33.6 Å². The summed E-state index contributed by atoms with van der Waals surface area (Å²) >= 11 is 0. The Balaban J connectivity index is 2.34. The number of nitrogens with one attached hydrogen (secondary N) is 2. The lowest BCUT2D eigenvalue weighted by atomic mass is 9.82. The van der Waals surface area contributed by atoms with Crippen molar-refractivity contribution >= 4 is 17.8 Å². The Morgan fingerprint density at radius 3 is 2.14 bits per heavy atom. The Bertz CT molecular complexity index is 406. The van der Waals surface area contributed by atoms with Crippen molar-refractivity contribution in [2.75, 3.05) is 6.54 Å². The highest BCUT2D eigenvalue weighted by molar-refractivity contribution is 5.85. The Kier molecular flexibility index (Phi) is 5.75. The maximum Gasteiger partial charge on any atom is 0.310 e. The third-order valence-electron chi connectivity index (χ3n) is 3.70. The van der Waals surface area contributed by atoms with Crippen LogP contribution in [0.3, 0.4) is 0 Å². The predicted octanol–water partition coefficient (Wildman–Crippen LogP) is 1.44. The summed E-state index contributed by atoms with van der Waals surface area (Å²) in [5, 5.41) is 14.8. The maximum absolute atomic E-state index is 11.9. The standard InChI is InChI=1S/C15H26N2O4/c1-14(2,3)17-11(18)6-9-16-12(19)10-15(13(20)21)7-4-5-8-15/h4-10H2,1-3H3,(H,16,19)(H,17,18)(H,20,21). The van der Waals surface area contributed by atoms with E-state index < -0.39 is 11.4 Å². The van der Waals surface area contributed by atoms with Crippen molar-refractivity contribution < 1.29 is 19.5 Å². The molecule has 1 rings (SSSR count). The van der Waals surface area contributed by atoms with Crippen molar-refractivity contribution in [2.24, 2.45) is 5.41 Å². The third kappa shape index (κ3) is 5.73. The van der Waals surface area contributed by atoms with E-state index in [1.165, 1.54) is 0 Å². The molecule has 1 aliphatic carbocycles. The van der Waals surface area contributed by atoms with Gasteiger partial charge in [0.1, 0.15) is 0 Å². The lowest BCUT2D eigenvalue weighted by Crippen LogP contribution is -2.42. The largest absolute Gasteiger partial charge is 0.481 e. The van der Waals surface area contributed by atoms with Crippen LogP contribution in [0.5, 0.6) is 0 Å². The Morgan fingerprint density at radius 2 is 1.67 bits per heavy atom. The quantitative estimate of drug-likeness (QED) is 0.691. The van der Waals surface area contributed by atoms with E-state index in [0.29, 0.717) is 12.8 Å². The smallest absolute Gasteiger partial charge is 0.310 e. The molecule has 1 fully saturated rings. The Hall–Kier alpha value is -1.59. The van der Waals surface area contributed by atoms with Crippen molar-refractivity contribution in [3.05, 3.63) is 0 Å². The van der Waals surface area contributed by atoms with Gasteiger partial charge in [0.25, 0.3) is 0 Å². The summed E-state index contributed by atoms with van der Waals surface area (Å²) in [5.41, 5.74) is -1.20. The summed E-state index contributed by atoms with van der Waals surface area (Å²) in [6.45, 7) is 5.90. The minimum atomic E-state index is -0.905. The fraction of sp³-hybridized carbons (Fsp3) is 0.800. The molecule has 0 atom stereocenters. The summed E-state index contributed by atoms with van der Waals surface area (Å²) < 4.78 is 0. The number of carboxylic acid groups (broad SMARTS) is 1. The number of carbonyl (C=O) groups excluding carboxylic acids is 2. The van der Waals surface area contributed by atoms with Crippen molar-refractivity contribution in [3.8, 4) is 0 Å². The van der Waals surface area contributed by atoms with E-state index in [2.05, 4.69) is 10.6 Å². The molecule has 1 aliphatic rings. The predicted molar refractivity (Wildman–Crippen MR) is 78.7 cm³/mol. The first-order valence-electron chi connectivity index (χ1n) is 7.46. The Morgan fingerprint density at radius 1 is 1.10 bits per heavy atom. The van der Waals surface area contributed by atoms with Crippen LogP contribution in [0.2, 0.25) is 0 Å². The molecule has 0 spiro atoms. The highest BCUT2D eigenvalue weighted by atomic mass is 16.4. The summed E-state index contributed by atoms with van der Waals surface area (Å²) in [6.07, 6.45) is 3.02. The summed E-state index contributed by atoms with van der Waals surface area (Å²) in [7, 11) is 0. The minimum Gasteiger partial charge on any atom is -0.481 e. The van der Waals surface area contributed by atoms with E-state index in [1.807, 2.05) is 20.8 Å². The first-order valence-corrected chi connectivity index (χ1v) is 7.46. The molecule has 0 aliphatic heterocycles. The third-order valence-corrected chi connectivity index (χ3v) is 3.70. The van der Waals surface area contributed by atoms with Crippen LogP contribution in [0, 0.1) is 5.41 Å². The van der Waals surface area contributed by atoms with Crippen LogP contribution in [0.25, 0.3) is 0 Å². The van der Waals surface area contributed by atoms with Gasteiger partial charge in [-0.25, -0.2) is 0 Å². The first kappa shape index (κ1) is 17.5. The number of carboxylic acids is 1. The molecule has 0 aromatic carbocycles. The molecule has 0 bridgehead atoms. The van der Waals surface area contributed by atoms with Gasteiger partial charge < -0.3 is 15.7 Å². The van der Waals surface area contributed by atoms with Gasteiger partial charge >= 0.3 is 5.97 Å². The SMILES string of the molecule is CC(C)(C)NC(=O)CCNC(=O)CC1(C(=O)O)CCCC1. The molecule has 21 heavy (non-hydrogen) atoms. The normalized spacial score (nSPS) is 17.3. The second-order valence-corrected chi connectivity index (χ2v) is 6.87. The fourth-order valence-corrected chi connectivity index (χ4v) is 2.68. The van der Waals surface area contributed by atoms with Gasteiger partial charge in [0, 0.05) is 24.9 Å². The fourth-order valence-electron chi connectivity index (χ4n) is 2.68. The van der Waals surface area contributed by atoms with E-state index >= 15 is 0 Å². The van der Waals surface area contributed by atoms with E-state index in [9.17, 15) is 19.5 Å². The van der Waals surface area contributed by atoms with Crippen LogP contribution >= 0.6 is 0 Å². The van der Waals surface area contributed by atoms with Crippen LogP contribution < -0.4 is 10.6 Å². The zero-order chi connectivity index (χ0) is 16.1. The van der Waals surface area contributed by atoms with E-state index in [4.69, 9.17) is 0 Å². The topological polar surface area (TPSA) is 95.5 Å². The second-order valence-electron chi connectivity index (χ2n) is 6.87. The van der Waals surface area contributed by atoms with Gasteiger partial charge in [-0.15, -0.1) is 0 Å². The number of hydrogen-bond donors (Lipinski definition) is 3. The van der Waals surface area contributed by atoms with Crippen molar-refractivity contribution in [3.63, 3.8) is 0 Å². The lowest BCUT2D eigenvalue weighted by Gasteiger charge is -2.23. The lowest BCUT2D eigenvalue weighted by molar-refractivity contribution is -0.151. The minimum absolute atomic E-state index is 0.00320. The van der Waals surface area contributed by atoms with Crippen LogP contribution in [0.15, 0.2) is 0 Å². The number of hydrogen-bond acceptors (Lipinski definition) is 3. The molecule has 0 saturated heterocycles. The van der Waals surface area contributed by atoms with Crippen molar-refractivity contribution in [1.29, 1.82) is 0 Å². The molecule has 6 nitrogen and oxygen atoms in total. The van der Waals surface area contributed by atoms with Gasteiger partial charge in [0.05, 0.1) is 5.41 Å². The average Bonchev–Trinajstić information content (AvgIpc) is 2.76. The molecule has 120 valence electrons. The van der Waals surface area contributed by atoms with Gasteiger partial charge in [-0.2, -0.15) is 0 Å². The van der Waals surface area contributed by atoms with Crippen LogP contribution in [0.4, 0.5) is 0 Å². The van der Waals surface area contributed by atoms with E-state index in [0.717, 1.165) is 12.8 Å². The zero-order valence-corrected chi connectivity index (χ0v) is 13.1. The molecular formula is C15H26N2O4. The Labute approximate surface area is 125 Å². The molecule has 1 saturated carbocycles. The molecule has 6 heteroatoms. The van der Waals surface area contributed by atoms with Crippen LogP contribution in [-0.4, -0.2) is 35.0 Å². The van der Waals surface area contributed by atoms with Crippen LogP contribution in [-0.2, 0) is 14.4 Å². The molecule has 2 amide bonds. The summed E-state index contributed by atoms with van der Waals surface area (Å²) in [6, 6.07) is 0. The van der Waals surface area contributed by atoms with E-state index in [-0.39, 0.29) is 36.7 Å². The highest BCUT2D eigenvalue weighted by Gasteiger charge is 2.42. The van der Waals surface area contributed by atoms with Gasteiger partial charge in [0.15, 0.2) is 0 Å². The van der Waals surface area contributed by atoms with Gasteiger partial charge in [-0.1, -0.05) is 12.8 Å². The second kappa shape index (κ2) is 6.91. The number of rotatable bonds is 6. The summed E-state index contributed by atoms with van der Waals surface area (Å²) in [5.74, 6) is -1.31. The number of aliphatic carboxylic acids is 1. The molecule has 0 heterocycles. The average molecular weight is 298 g/mol. The monoisotopic (exact) mass is 298 g/mol. The first-order chi connectivity index (χ1) is 9.65. The molecule has 0 unspecified atom stereocenters. The molecule has 3 N–H and O–H groups in total. The molecular weight excluding hydrogens is 272 g/mol. The molecule has 0 radical (unpaired) electrons. The van der Waals surface area contributed by atoms with Crippen LogP contribution in [0.1, 0.15) is 59.3 Å². The van der Waals surface area contributed by atoms with E-state index in [1.54, 1.807) is 0 Å². The number of amides is 2. The molecule has 0 aromatic rings. The maximum atomic E-state index is 11.9. The summed E-state index contributed by atoms with van der Waals surface area (Å²) in [4.78, 5) is 34.8. The van der Waals surface area contributed by atoms with Gasteiger partial charge in [-0.3, -0.25) is 14.4 Å². The van der Waals surface area contributed by atoms with Gasteiger partial charge in [0.2, 0.25) is 11.8 Å². The number of carbonyl (C=O) groups is 3.